The van der Waals surface area contributed by atoms with Crippen molar-refractivity contribution in [2.24, 2.45) is 0 Å². The van der Waals surface area contributed by atoms with E-state index in [4.69, 9.17) is 9.47 Å². The van der Waals surface area contributed by atoms with Gasteiger partial charge in [0.25, 0.3) is 0 Å². The molecule has 2 aliphatic carbocycles. The van der Waals surface area contributed by atoms with Crippen LogP contribution >= 0.6 is 0 Å². The minimum atomic E-state index is -1.82. The molecule has 2 rings (SSSR count). The van der Waals surface area contributed by atoms with Gasteiger partial charge < -0.3 is 19.7 Å². The summed E-state index contributed by atoms with van der Waals surface area (Å²) in [7, 11) is 0. The van der Waals surface area contributed by atoms with E-state index in [-0.39, 0.29) is 0 Å². The molecular weight excluding hydrogens is 344 g/mol. The van der Waals surface area contributed by atoms with E-state index < -0.39 is 47.2 Å². The molecule has 0 aromatic carbocycles. The van der Waals surface area contributed by atoms with Gasteiger partial charge in [0.2, 0.25) is 0 Å². The van der Waals surface area contributed by atoms with Gasteiger partial charge in [-0.2, -0.15) is 0 Å². The molecule has 26 heavy (non-hydrogen) atoms. The maximum atomic E-state index is 12.3. The van der Waals surface area contributed by atoms with Crippen LogP contribution < -0.4 is 0 Å². The lowest BCUT2D eigenvalue weighted by Crippen LogP contribution is -2.31. The van der Waals surface area contributed by atoms with Crippen molar-refractivity contribution in [3.05, 3.63) is 11.1 Å². The molecule has 144 valence electrons. The second kappa shape index (κ2) is 9.35. The molecule has 8 heteroatoms. The molecule has 0 aromatic heterocycles. The summed E-state index contributed by atoms with van der Waals surface area (Å²) in [5, 5.41) is 18.6. The number of hydrogen-bond acceptors (Lipinski definition) is 6. The smallest absolute Gasteiger partial charge is 0.347 e. The van der Waals surface area contributed by atoms with E-state index in [1.165, 1.54) is 0 Å². The number of aliphatic carboxylic acids is 2. The largest absolute Gasteiger partial charge is 0.477 e. The highest BCUT2D eigenvalue weighted by molar-refractivity contribution is 6.27. The SMILES string of the molecule is O=C(O)/C(C(=O)OC1CCCCC1)=C(\C(=O)O)C(=O)OC1CCCCC1. The van der Waals surface area contributed by atoms with E-state index >= 15 is 0 Å². The molecule has 0 heterocycles. The van der Waals surface area contributed by atoms with Crippen molar-refractivity contribution < 1.29 is 38.9 Å². The van der Waals surface area contributed by atoms with E-state index in [0.29, 0.717) is 25.7 Å². The van der Waals surface area contributed by atoms with Crippen molar-refractivity contribution in [3.63, 3.8) is 0 Å². The Balaban J connectivity index is 2.21. The molecule has 0 radical (unpaired) electrons. The number of esters is 2. The quantitative estimate of drug-likeness (QED) is 0.316. The Hall–Kier alpha value is -2.38. The Morgan fingerprint density at radius 2 is 0.885 bits per heavy atom. The molecule has 8 nitrogen and oxygen atoms in total. The van der Waals surface area contributed by atoms with Crippen molar-refractivity contribution in [1.29, 1.82) is 0 Å². The van der Waals surface area contributed by atoms with Crippen LogP contribution in [0.2, 0.25) is 0 Å². The average Bonchev–Trinajstić information content (AvgIpc) is 2.60. The second-order valence-electron chi connectivity index (χ2n) is 6.69. The van der Waals surface area contributed by atoms with Crippen molar-refractivity contribution in [1.82, 2.24) is 0 Å². The molecule has 2 aliphatic rings. The summed E-state index contributed by atoms with van der Waals surface area (Å²) in [5.74, 6) is -6.24. The third-order valence-electron chi connectivity index (χ3n) is 4.74. The topological polar surface area (TPSA) is 127 Å². The van der Waals surface area contributed by atoms with E-state index in [0.717, 1.165) is 38.5 Å². The first-order valence-electron chi connectivity index (χ1n) is 9.03. The highest BCUT2D eigenvalue weighted by Gasteiger charge is 2.36. The highest BCUT2D eigenvalue weighted by atomic mass is 16.6. The lowest BCUT2D eigenvalue weighted by atomic mass is 9.97. The summed E-state index contributed by atoms with van der Waals surface area (Å²) in [6.07, 6.45) is 6.83. The Kier molecular flexibility index (Phi) is 7.17. The van der Waals surface area contributed by atoms with Crippen LogP contribution in [0.3, 0.4) is 0 Å². The van der Waals surface area contributed by atoms with E-state index in [9.17, 15) is 29.4 Å². The summed E-state index contributed by atoms with van der Waals surface area (Å²) in [6, 6.07) is 0. The summed E-state index contributed by atoms with van der Waals surface area (Å²) < 4.78 is 10.3. The molecule has 0 spiro atoms. The maximum Gasteiger partial charge on any atom is 0.347 e. The molecular formula is C18H24O8. The van der Waals surface area contributed by atoms with Crippen LogP contribution in [0.15, 0.2) is 11.1 Å². The minimum absolute atomic E-state index is 0.463. The molecule has 0 aromatic rings. The van der Waals surface area contributed by atoms with Gasteiger partial charge in [-0.3, -0.25) is 0 Å². The van der Waals surface area contributed by atoms with Crippen LogP contribution in [0.4, 0.5) is 0 Å². The number of hydrogen-bond donors (Lipinski definition) is 2. The predicted octanol–water partition coefficient (Wildman–Crippen LogP) is 2.20. The van der Waals surface area contributed by atoms with Crippen LogP contribution in [0.25, 0.3) is 0 Å². The number of rotatable bonds is 6. The first-order valence-corrected chi connectivity index (χ1v) is 9.03. The molecule has 0 amide bonds. The summed E-state index contributed by atoms with van der Waals surface area (Å²) in [6.45, 7) is 0. The van der Waals surface area contributed by atoms with Gasteiger partial charge in [0.05, 0.1) is 0 Å². The normalized spacial score (nSPS) is 20.0. The molecule has 2 fully saturated rings. The first-order chi connectivity index (χ1) is 12.4. The molecule has 0 bridgehead atoms. The average molecular weight is 368 g/mol. The Labute approximate surface area is 151 Å². The van der Waals surface area contributed by atoms with Crippen LogP contribution in [0.1, 0.15) is 64.2 Å². The van der Waals surface area contributed by atoms with Gasteiger partial charge in [-0.25, -0.2) is 19.2 Å². The second-order valence-corrected chi connectivity index (χ2v) is 6.69. The van der Waals surface area contributed by atoms with E-state index in [2.05, 4.69) is 0 Å². The Morgan fingerprint density at radius 1 is 0.577 bits per heavy atom. The van der Waals surface area contributed by atoms with Gasteiger partial charge in [0.1, 0.15) is 12.2 Å². The molecule has 2 N–H and O–H groups in total. The Bertz CT molecular complexity index is 542. The predicted molar refractivity (Wildman–Crippen MR) is 88.2 cm³/mol. The van der Waals surface area contributed by atoms with Crippen LogP contribution in [-0.4, -0.2) is 46.3 Å². The van der Waals surface area contributed by atoms with Crippen LogP contribution in [0, 0.1) is 0 Å². The highest BCUT2D eigenvalue weighted by Crippen LogP contribution is 2.24. The summed E-state index contributed by atoms with van der Waals surface area (Å²) in [4.78, 5) is 47.5. The number of carboxylic acids is 2. The van der Waals surface area contributed by atoms with Crippen molar-refractivity contribution in [2.75, 3.05) is 0 Å². The van der Waals surface area contributed by atoms with Gasteiger partial charge >= 0.3 is 23.9 Å². The fraction of sp³-hybridized carbons (Fsp3) is 0.667. The fourth-order valence-electron chi connectivity index (χ4n) is 3.38. The minimum Gasteiger partial charge on any atom is -0.477 e. The lowest BCUT2D eigenvalue weighted by molar-refractivity contribution is -0.155. The van der Waals surface area contributed by atoms with Gasteiger partial charge in [0, 0.05) is 0 Å². The van der Waals surface area contributed by atoms with Crippen molar-refractivity contribution >= 4 is 23.9 Å². The van der Waals surface area contributed by atoms with Gasteiger partial charge in [0.15, 0.2) is 11.1 Å². The first kappa shape index (κ1) is 19.9. The number of ether oxygens (including phenoxy) is 2. The van der Waals surface area contributed by atoms with Crippen molar-refractivity contribution in [3.8, 4) is 0 Å². The van der Waals surface area contributed by atoms with Gasteiger partial charge in [-0.1, -0.05) is 12.8 Å². The zero-order chi connectivity index (χ0) is 19.1. The molecule has 0 atom stereocenters. The zero-order valence-electron chi connectivity index (χ0n) is 14.6. The standard InChI is InChI=1S/C18H24O8/c19-15(20)13(17(23)25-11-7-3-1-4-8-11)14(16(21)22)18(24)26-12-9-5-2-6-10-12/h11-12H,1-10H2,(H,19,20)(H,21,22)/b14-13-. The number of carbonyl (C=O) groups is 4. The molecule has 0 saturated heterocycles. The summed E-state index contributed by atoms with van der Waals surface area (Å²) >= 11 is 0. The van der Waals surface area contributed by atoms with Crippen LogP contribution in [-0.2, 0) is 28.7 Å². The third kappa shape index (κ3) is 5.31. The monoisotopic (exact) mass is 368 g/mol. The summed E-state index contributed by atoms with van der Waals surface area (Å²) in [5.41, 5.74) is -2.35. The van der Waals surface area contributed by atoms with Crippen LogP contribution in [0.5, 0.6) is 0 Å². The number of carbonyl (C=O) groups excluding carboxylic acids is 2. The third-order valence-corrected chi connectivity index (χ3v) is 4.74. The molecule has 0 unspecified atom stereocenters. The van der Waals surface area contributed by atoms with E-state index in [1.54, 1.807) is 0 Å². The maximum absolute atomic E-state index is 12.3. The lowest BCUT2D eigenvalue weighted by Gasteiger charge is -2.23. The van der Waals surface area contributed by atoms with Gasteiger partial charge in [-0.05, 0) is 51.4 Å². The molecule has 2 saturated carbocycles. The Morgan fingerprint density at radius 3 is 1.15 bits per heavy atom. The van der Waals surface area contributed by atoms with E-state index in [1.807, 2.05) is 0 Å². The zero-order valence-corrected chi connectivity index (χ0v) is 14.6. The van der Waals surface area contributed by atoms with Gasteiger partial charge in [-0.15, -0.1) is 0 Å². The fourth-order valence-corrected chi connectivity index (χ4v) is 3.38. The number of carboxylic acid groups (broad SMARTS) is 2. The van der Waals surface area contributed by atoms with Crippen molar-refractivity contribution in [2.45, 2.75) is 76.4 Å². The molecule has 0 aliphatic heterocycles.